The SMILES string of the molecule is Cc1c(C(=O)NN2CC3CCCC3C2)nn(-c2ccc(Cl)cc2Cl)c1-c1ccc(Br)[se]1. The molecule has 1 saturated heterocycles. The van der Waals surface area contributed by atoms with Crippen LogP contribution in [-0.2, 0) is 0 Å². The molecule has 3 heterocycles. The van der Waals surface area contributed by atoms with Crippen molar-refractivity contribution in [2.24, 2.45) is 11.8 Å². The Morgan fingerprint density at radius 2 is 1.94 bits per heavy atom. The molecule has 2 unspecified atom stereocenters. The molecule has 0 spiro atoms. The van der Waals surface area contributed by atoms with E-state index in [0.29, 0.717) is 33.3 Å². The molecule has 0 radical (unpaired) electrons. The van der Waals surface area contributed by atoms with Crippen molar-refractivity contribution in [3.05, 3.63) is 55.0 Å². The van der Waals surface area contributed by atoms with Gasteiger partial charge in [0, 0.05) is 0 Å². The molecule has 162 valence electrons. The Bertz CT molecular complexity index is 1150. The van der Waals surface area contributed by atoms with E-state index in [-0.39, 0.29) is 20.4 Å². The molecule has 5 rings (SSSR count). The van der Waals surface area contributed by atoms with Gasteiger partial charge in [-0.25, -0.2) is 0 Å². The minimum atomic E-state index is -0.166. The molecule has 1 N–H and O–H groups in total. The van der Waals surface area contributed by atoms with Gasteiger partial charge in [-0.1, -0.05) is 0 Å². The first-order valence-corrected chi connectivity index (χ1v) is 13.5. The van der Waals surface area contributed by atoms with E-state index in [0.717, 1.165) is 32.1 Å². The zero-order valence-corrected chi connectivity index (χ0v) is 21.7. The first kappa shape index (κ1) is 21.7. The Hall–Kier alpha value is -1.08. The van der Waals surface area contributed by atoms with Crippen molar-refractivity contribution in [1.29, 1.82) is 0 Å². The van der Waals surface area contributed by atoms with Crippen LogP contribution in [0, 0.1) is 18.8 Å². The van der Waals surface area contributed by atoms with Gasteiger partial charge in [-0.2, -0.15) is 0 Å². The third-order valence-electron chi connectivity index (χ3n) is 6.27. The standard InChI is InChI=1S/C22H21BrCl2N4OSe/c1-12-20(22(30)27-28-10-13-3-2-4-14(13)11-28)26-29(17-6-5-15(24)9-16(17)25)21(12)18-7-8-19(23)31-18/h5-9,13-14H,2-4,10-11H2,1H3,(H,27,30). The van der Waals surface area contributed by atoms with Gasteiger partial charge in [-0.15, -0.1) is 0 Å². The third kappa shape index (κ3) is 4.17. The fraction of sp³-hybridized carbons (Fsp3) is 0.364. The van der Waals surface area contributed by atoms with Gasteiger partial charge in [0.2, 0.25) is 0 Å². The topological polar surface area (TPSA) is 50.2 Å². The summed E-state index contributed by atoms with van der Waals surface area (Å²) in [6.07, 6.45) is 3.84. The zero-order valence-electron chi connectivity index (χ0n) is 16.9. The number of fused-ring (bicyclic) bond motifs is 1. The van der Waals surface area contributed by atoms with Crippen molar-refractivity contribution in [3.63, 3.8) is 0 Å². The maximum absolute atomic E-state index is 13.2. The van der Waals surface area contributed by atoms with Crippen molar-refractivity contribution in [1.82, 2.24) is 20.2 Å². The van der Waals surface area contributed by atoms with Crippen molar-refractivity contribution >= 4 is 59.5 Å². The van der Waals surface area contributed by atoms with E-state index in [1.165, 1.54) is 19.3 Å². The van der Waals surface area contributed by atoms with Crippen molar-refractivity contribution in [3.8, 4) is 15.8 Å². The number of halogens is 3. The van der Waals surface area contributed by atoms with Crippen LogP contribution < -0.4 is 5.43 Å². The second-order valence-electron chi connectivity index (χ2n) is 8.23. The van der Waals surface area contributed by atoms with Crippen LogP contribution in [0.4, 0.5) is 0 Å². The van der Waals surface area contributed by atoms with Crippen molar-refractivity contribution in [2.45, 2.75) is 26.2 Å². The molecule has 31 heavy (non-hydrogen) atoms. The number of amides is 1. The maximum atomic E-state index is 13.2. The Kier molecular flexibility index (Phi) is 6.10. The number of carbonyl (C=O) groups is 1. The van der Waals surface area contributed by atoms with Gasteiger partial charge in [0.25, 0.3) is 0 Å². The molecular formula is C22H21BrCl2N4OSe. The van der Waals surface area contributed by atoms with Gasteiger partial charge >= 0.3 is 206 Å². The second kappa shape index (κ2) is 8.69. The summed E-state index contributed by atoms with van der Waals surface area (Å²) >= 11 is 16.3. The molecule has 1 amide bonds. The molecule has 1 saturated carbocycles. The molecule has 9 heteroatoms. The average Bonchev–Trinajstić information content (AvgIpc) is 3.46. The van der Waals surface area contributed by atoms with Crippen LogP contribution in [0.3, 0.4) is 0 Å². The van der Waals surface area contributed by atoms with E-state index in [2.05, 4.69) is 38.5 Å². The van der Waals surface area contributed by atoms with Gasteiger partial charge in [0.1, 0.15) is 0 Å². The van der Waals surface area contributed by atoms with E-state index < -0.39 is 0 Å². The van der Waals surface area contributed by atoms with Crippen LogP contribution in [0.2, 0.25) is 10.0 Å². The van der Waals surface area contributed by atoms with Crippen molar-refractivity contribution < 1.29 is 4.79 Å². The molecule has 3 aromatic rings. The summed E-state index contributed by atoms with van der Waals surface area (Å²) in [5.74, 6) is 1.25. The van der Waals surface area contributed by atoms with Crippen molar-refractivity contribution in [2.75, 3.05) is 13.1 Å². The first-order valence-electron chi connectivity index (χ1n) is 10.3. The Balaban J connectivity index is 1.52. The average molecular weight is 587 g/mol. The number of carbonyl (C=O) groups excluding carboxylic acids is 1. The molecule has 2 atom stereocenters. The number of nitrogens with zero attached hydrogens (tertiary/aromatic N) is 3. The zero-order chi connectivity index (χ0) is 21.7. The fourth-order valence-electron chi connectivity index (χ4n) is 4.79. The number of hydrogen-bond donors (Lipinski definition) is 1. The van der Waals surface area contributed by atoms with Gasteiger partial charge in [-0.3, -0.25) is 0 Å². The number of aromatic nitrogens is 2. The molecule has 5 nitrogen and oxygen atoms in total. The minimum absolute atomic E-state index is 0.113. The predicted molar refractivity (Wildman–Crippen MR) is 128 cm³/mol. The van der Waals surface area contributed by atoms with Crippen LogP contribution in [0.1, 0.15) is 35.3 Å². The Morgan fingerprint density at radius 3 is 2.58 bits per heavy atom. The molecule has 1 aromatic carbocycles. The Labute approximate surface area is 205 Å². The fourth-order valence-corrected chi connectivity index (χ4v) is 8.04. The normalized spacial score (nSPS) is 20.9. The van der Waals surface area contributed by atoms with Gasteiger partial charge in [0.15, 0.2) is 0 Å². The summed E-state index contributed by atoms with van der Waals surface area (Å²) in [6.45, 7) is 3.81. The van der Waals surface area contributed by atoms with Crippen LogP contribution >= 0.6 is 39.1 Å². The number of nitrogens with one attached hydrogen (secondary N) is 1. The van der Waals surface area contributed by atoms with Crippen LogP contribution in [0.25, 0.3) is 15.8 Å². The van der Waals surface area contributed by atoms with E-state index in [1.54, 1.807) is 16.8 Å². The van der Waals surface area contributed by atoms with Gasteiger partial charge < -0.3 is 0 Å². The molecule has 1 aliphatic heterocycles. The molecule has 0 bridgehead atoms. The molecular weight excluding hydrogens is 566 g/mol. The molecule has 2 aliphatic rings. The predicted octanol–water partition coefficient (Wildman–Crippen LogP) is 5.35. The summed E-state index contributed by atoms with van der Waals surface area (Å²) in [6, 6.07) is 9.46. The summed E-state index contributed by atoms with van der Waals surface area (Å²) < 4.78 is 4.08. The third-order valence-corrected chi connectivity index (χ3v) is 9.76. The van der Waals surface area contributed by atoms with Gasteiger partial charge in [0.05, 0.1) is 0 Å². The van der Waals surface area contributed by atoms with E-state index in [9.17, 15) is 4.79 Å². The monoisotopic (exact) mass is 586 g/mol. The number of rotatable bonds is 4. The number of hydrogen-bond acceptors (Lipinski definition) is 3. The Morgan fingerprint density at radius 1 is 1.19 bits per heavy atom. The van der Waals surface area contributed by atoms with Crippen LogP contribution in [0.5, 0.6) is 0 Å². The quantitative estimate of drug-likeness (QED) is 0.419. The van der Waals surface area contributed by atoms with Gasteiger partial charge in [-0.05, 0) is 0 Å². The number of benzene rings is 1. The van der Waals surface area contributed by atoms with E-state index >= 15 is 0 Å². The summed E-state index contributed by atoms with van der Waals surface area (Å²) in [4.78, 5) is 13.2. The van der Waals surface area contributed by atoms with E-state index in [1.807, 2.05) is 13.0 Å². The summed E-state index contributed by atoms with van der Waals surface area (Å²) in [7, 11) is 0. The molecule has 2 fully saturated rings. The second-order valence-corrected chi connectivity index (χ2v) is 13.4. The molecule has 2 aromatic heterocycles. The van der Waals surface area contributed by atoms with Crippen LogP contribution in [-0.4, -0.2) is 48.3 Å². The number of hydrazine groups is 1. The first-order chi connectivity index (χ1) is 14.9. The summed E-state index contributed by atoms with van der Waals surface area (Å²) in [5, 5.41) is 7.86. The van der Waals surface area contributed by atoms with Crippen LogP contribution in [0.15, 0.2) is 33.7 Å². The molecule has 1 aliphatic carbocycles. The van der Waals surface area contributed by atoms with E-state index in [4.69, 9.17) is 28.3 Å². The summed E-state index contributed by atoms with van der Waals surface area (Å²) in [5.41, 5.74) is 6.01.